The molecule has 0 aromatic carbocycles. The first-order valence-corrected chi connectivity index (χ1v) is 8.01. The van der Waals surface area contributed by atoms with Gasteiger partial charge in [-0.2, -0.15) is 0 Å². The van der Waals surface area contributed by atoms with Crippen molar-refractivity contribution in [2.45, 2.75) is 51.2 Å². The summed E-state index contributed by atoms with van der Waals surface area (Å²) in [7, 11) is 0. The molecule has 1 N–H and O–H groups in total. The Balaban J connectivity index is 2.03. The van der Waals surface area contributed by atoms with Gasteiger partial charge in [-0.05, 0) is 31.7 Å². The molecule has 21 heavy (non-hydrogen) atoms. The molecular weight excluding hydrogens is 311 g/mol. The summed E-state index contributed by atoms with van der Waals surface area (Å²) in [6.45, 7) is 4.92. The van der Waals surface area contributed by atoms with Crippen LogP contribution in [0.4, 0.5) is 0 Å². The number of ether oxygens (including phenoxy) is 1. The molecule has 2 rings (SSSR count). The zero-order valence-electron chi connectivity index (χ0n) is 12.3. The van der Waals surface area contributed by atoms with Crippen LogP contribution in [0.3, 0.4) is 0 Å². The Morgan fingerprint density at radius 1 is 1.48 bits per heavy atom. The van der Waals surface area contributed by atoms with Crippen LogP contribution in [0.25, 0.3) is 0 Å². The second-order valence-corrected chi connectivity index (χ2v) is 6.16. The smallest absolute Gasteiger partial charge is 0.253 e. The molecular formula is C15H20Cl2N2O2. The minimum absolute atomic E-state index is 0.112. The molecule has 1 amide bonds. The molecule has 116 valence electrons. The van der Waals surface area contributed by atoms with E-state index in [2.05, 4.69) is 24.1 Å². The van der Waals surface area contributed by atoms with E-state index >= 15 is 0 Å². The highest BCUT2D eigenvalue weighted by Crippen LogP contribution is 2.31. The minimum atomic E-state index is -0.172. The number of carbonyl (C=O) groups excluding carboxylic acids is 1. The summed E-state index contributed by atoms with van der Waals surface area (Å²) in [6.07, 6.45) is 4.99. The fourth-order valence-electron chi connectivity index (χ4n) is 2.71. The first-order chi connectivity index (χ1) is 9.99. The molecule has 1 aromatic rings. The van der Waals surface area contributed by atoms with E-state index < -0.39 is 0 Å². The van der Waals surface area contributed by atoms with Gasteiger partial charge in [-0.1, -0.05) is 37.0 Å². The molecule has 0 spiro atoms. The van der Waals surface area contributed by atoms with Gasteiger partial charge in [0.15, 0.2) is 0 Å². The molecule has 1 saturated heterocycles. The van der Waals surface area contributed by atoms with Gasteiger partial charge in [0.05, 0.1) is 16.2 Å². The second-order valence-electron chi connectivity index (χ2n) is 5.40. The van der Waals surface area contributed by atoms with Crippen LogP contribution in [-0.2, 0) is 4.74 Å². The fourth-order valence-corrected chi connectivity index (χ4v) is 2.98. The molecule has 6 heteroatoms. The van der Waals surface area contributed by atoms with Crippen molar-refractivity contribution < 1.29 is 9.53 Å². The largest absolute Gasteiger partial charge is 0.375 e. The first-order valence-electron chi connectivity index (χ1n) is 7.25. The summed E-state index contributed by atoms with van der Waals surface area (Å²) >= 11 is 11.7. The number of aromatic nitrogens is 1. The molecule has 2 heterocycles. The van der Waals surface area contributed by atoms with Crippen molar-refractivity contribution in [3.63, 3.8) is 0 Å². The number of amides is 1. The van der Waals surface area contributed by atoms with E-state index in [-0.39, 0.29) is 27.7 Å². The summed E-state index contributed by atoms with van der Waals surface area (Å²) in [5.74, 6) is -0.172. The van der Waals surface area contributed by atoms with Crippen LogP contribution >= 0.6 is 23.2 Å². The lowest BCUT2D eigenvalue weighted by Gasteiger charge is -2.40. The first kappa shape index (κ1) is 16.5. The van der Waals surface area contributed by atoms with Gasteiger partial charge in [0.1, 0.15) is 5.15 Å². The summed E-state index contributed by atoms with van der Waals surface area (Å²) in [5, 5.41) is 3.53. The Morgan fingerprint density at radius 2 is 2.19 bits per heavy atom. The third-order valence-electron chi connectivity index (χ3n) is 4.18. The van der Waals surface area contributed by atoms with Crippen molar-refractivity contribution in [2.24, 2.45) is 0 Å². The van der Waals surface area contributed by atoms with Crippen molar-refractivity contribution in [1.29, 1.82) is 0 Å². The number of carbonyl (C=O) groups is 1. The average molecular weight is 331 g/mol. The Bertz CT molecular complexity index is 518. The Hall–Kier alpha value is -0.840. The number of hydrogen-bond donors (Lipinski definition) is 1. The highest BCUT2D eigenvalue weighted by atomic mass is 35.5. The number of rotatable bonds is 4. The number of nitrogens with one attached hydrogen (secondary N) is 1. The van der Waals surface area contributed by atoms with Crippen molar-refractivity contribution >= 4 is 29.1 Å². The quantitative estimate of drug-likeness (QED) is 0.853. The van der Waals surface area contributed by atoms with E-state index in [0.717, 1.165) is 25.7 Å². The maximum absolute atomic E-state index is 12.3. The predicted molar refractivity (Wildman–Crippen MR) is 84.0 cm³/mol. The maximum atomic E-state index is 12.3. The van der Waals surface area contributed by atoms with Gasteiger partial charge >= 0.3 is 0 Å². The molecule has 0 bridgehead atoms. The fraction of sp³-hybridized carbons (Fsp3) is 0.600. The second kappa shape index (κ2) is 6.95. The van der Waals surface area contributed by atoms with Crippen LogP contribution in [0.2, 0.25) is 10.2 Å². The zero-order valence-corrected chi connectivity index (χ0v) is 13.8. The van der Waals surface area contributed by atoms with Gasteiger partial charge in [-0.25, -0.2) is 4.98 Å². The Labute approximate surface area is 135 Å². The highest BCUT2D eigenvalue weighted by Gasteiger charge is 2.35. The molecule has 1 atom stereocenters. The van der Waals surface area contributed by atoms with Crippen LogP contribution in [0.15, 0.2) is 12.3 Å². The van der Waals surface area contributed by atoms with Crippen LogP contribution in [0, 0.1) is 0 Å². The summed E-state index contributed by atoms with van der Waals surface area (Å²) in [4.78, 5) is 16.2. The molecule has 1 fully saturated rings. The molecule has 0 saturated carbocycles. The molecule has 4 nitrogen and oxygen atoms in total. The third kappa shape index (κ3) is 3.87. The Kier molecular flexibility index (Phi) is 5.47. The lowest BCUT2D eigenvalue weighted by molar-refractivity contribution is -0.0917. The van der Waals surface area contributed by atoms with E-state index in [9.17, 15) is 4.79 Å². The van der Waals surface area contributed by atoms with E-state index in [1.807, 2.05) is 0 Å². The topological polar surface area (TPSA) is 51.2 Å². The number of halogens is 2. The van der Waals surface area contributed by atoms with E-state index in [1.165, 1.54) is 6.20 Å². The molecule has 1 aliphatic rings. The lowest BCUT2D eigenvalue weighted by atomic mass is 9.86. The average Bonchev–Trinajstić information content (AvgIpc) is 2.50. The van der Waals surface area contributed by atoms with Gasteiger partial charge in [-0.3, -0.25) is 4.79 Å². The van der Waals surface area contributed by atoms with Crippen LogP contribution in [0.5, 0.6) is 0 Å². The molecule has 1 aromatic heterocycles. The van der Waals surface area contributed by atoms with Crippen LogP contribution in [0.1, 0.15) is 49.9 Å². The molecule has 1 aliphatic heterocycles. The normalized spacial score (nSPS) is 21.0. The van der Waals surface area contributed by atoms with Gasteiger partial charge in [0, 0.05) is 18.8 Å². The minimum Gasteiger partial charge on any atom is -0.375 e. The predicted octanol–water partition coefficient (Wildman–Crippen LogP) is 3.86. The van der Waals surface area contributed by atoms with Gasteiger partial charge in [0.2, 0.25) is 0 Å². The molecule has 1 unspecified atom stereocenters. The standard InChI is InChI=1S/C15H20Cl2N2O2/c1-3-15(4-2)8-11(5-6-21-15)19-14(20)10-7-12(16)13(17)18-9-10/h7,9,11H,3-6,8H2,1-2H3,(H,19,20). The third-order valence-corrected chi connectivity index (χ3v) is 4.86. The summed E-state index contributed by atoms with van der Waals surface area (Å²) in [6, 6.07) is 1.65. The maximum Gasteiger partial charge on any atom is 0.253 e. The van der Waals surface area contributed by atoms with Crippen molar-refractivity contribution in [3.8, 4) is 0 Å². The lowest BCUT2D eigenvalue weighted by Crippen LogP contribution is -2.48. The van der Waals surface area contributed by atoms with Crippen molar-refractivity contribution in [2.75, 3.05) is 6.61 Å². The van der Waals surface area contributed by atoms with Crippen LogP contribution in [-0.4, -0.2) is 29.1 Å². The van der Waals surface area contributed by atoms with Crippen molar-refractivity contribution in [3.05, 3.63) is 28.0 Å². The van der Waals surface area contributed by atoms with Crippen molar-refractivity contribution in [1.82, 2.24) is 10.3 Å². The molecule has 0 aliphatic carbocycles. The van der Waals surface area contributed by atoms with E-state index in [0.29, 0.717) is 12.2 Å². The monoisotopic (exact) mass is 330 g/mol. The number of nitrogens with zero attached hydrogens (tertiary/aromatic N) is 1. The van der Waals surface area contributed by atoms with Crippen LogP contribution < -0.4 is 5.32 Å². The summed E-state index contributed by atoms with van der Waals surface area (Å²) < 4.78 is 5.91. The highest BCUT2D eigenvalue weighted by molar-refractivity contribution is 6.41. The van der Waals surface area contributed by atoms with Gasteiger partial charge in [0.25, 0.3) is 5.91 Å². The Morgan fingerprint density at radius 3 is 2.81 bits per heavy atom. The van der Waals surface area contributed by atoms with Gasteiger partial charge < -0.3 is 10.1 Å². The van der Waals surface area contributed by atoms with Gasteiger partial charge in [-0.15, -0.1) is 0 Å². The van der Waals surface area contributed by atoms with E-state index in [1.54, 1.807) is 6.07 Å². The number of hydrogen-bond acceptors (Lipinski definition) is 3. The zero-order chi connectivity index (χ0) is 15.5. The number of pyridine rings is 1. The SMILES string of the molecule is CCC1(CC)CC(NC(=O)c2cnc(Cl)c(Cl)c2)CCO1. The molecule has 0 radical (unpaired) electrons. The van der Waals surface area contributed by atoms with E-state index in [4.69, 9.17) is 27.9 Å². The summed E-state index contributed by atoms with van der Waals surface area (Å²) in [5.41, 5.74) is 0.306.